The minimum absolute atomic E-state index is 0.0749. The molecule has 1 saturated heterocycles. The van der Waals surface area contributed by atoms with Gasteiger partial charge < -0.3 is 10.0 Å². The van der Waals surface area contributed by atoms with Crippen molar-refractivity contribution >= 4 is 10.0 Å². The summed E-state index contributed by atoms with van der Waals surface area (Å²) in [6.07, 6.45) is 2.40. The van der Waals surface area contributed by atoms with Gasteiger partial charge in [0.1, 0.15) is 0 Å². The van der Waals surface area contributed by atoms with Crippen LogP contribution in [0.3, 0.4) is 0 Å². The van der Waals surface area contributed by atoms with E-state index < -0.39 is 16.1 Å². The molecular weight excluding hydrogens is 294 g/mol. The van der Waals surface area contributed by atoms with E-state index in [-0.39, 0.29) is 24.9 Å². The second-order valence-electron chi connectivity index (χ2n) is 5.18. The lowest BCUT2D eigenvalue weighted by molar-refractivity contribution is 0.142. The van der Waals surface area contributed by atoms with E-state index in [1.54, 1.807) is 6.20 Å². The van der Waals surface area contributed by atoms with E-state index in [4.69, 9.17) is 0 Å². The number of sulfonamides is 1. The number of aliphatic hydroxyl groups excluding tert-OH is 1. The molecular formula is C12H23N5O3S. The quantitative estimate of drug-likeness (QED) is 0.705. The Labute approximate surface area is 125 Å². The predicted octanol–water partition coefficient (Wildman–Crippen LogP) is -0.833. The average molecular weight is 317 g/mol. The predicted molar refractivity (Wildman–Crippen MR) is 78.2 cm³/mol. The van der Waals surface area contributed by atoms with Crippen LogP contribution >= 0.6 is 0 Å². The first-order valence-electron chi connectivity index (χ1n) is 7.22. The zero-order valence-electron chi connectivity index (χ0n) is 12.5. The number of aromatic nitrogens is 3. The molecule has 2 atom stereocenters. The molecule has 1 fully saturated rings. The normalized spacial score (nSPS) is 24.0. The van der Waals surface area contributed by atoms with Gasteiger partial charge in [0.05, 0.1) is 24.1 Å². The maximum Gasteiger partial charge on any atom is 0.215 e. The van der Waals surface area contributed by atoms with E-state index in [2.05, 4.69) is 15.2 Å². The maximum absolute atomic E-state index is 12.4. The van der Waals surface area contributed by atoms with Crippen LogP contribution in [0.15, 0.2) is 12.4 Å². The first kappa shape index (κ1) is 16.3. The summed E-state index contributed by atoms with van der Waals surface area (Å²) < 4.78 is 27.6. The summed E-state index contributed by atoms with van der Waals surface area (Å²) in [5.74, 6) is 0.0749. The number of rotatable bonds is 7. The summed E-state index contributed by atoms with van der Waals surface area (Å²) in [4.78, 5) is 2.07. The molecule has 9 heteroatoms. The van der Waals surface area contributed by atoms with Crippen molar-refractivity contribution in [2.45, 2.75) is 26.0 Å². The Morgan fingerprint density at radius 3 is 2.62 bits per heavy atom. The van der Waals surface area contributed by atoms with Gasteiger partial charge in [-0.05, 0) is 13.1 Å². The van der Waals surface area contributed by atoms with Gasteiger partial charge in [-0.1, -0.05) is 19.1 Å². The molecule has 2 heterocycles. The van der Waals surface area contributed by atoms with Crippen LogP contribution < -0.4 is 0 Å². The fraction of sp³-hybridized carbons (Fsp3) is 0.833. The lowest BCUT2D eigenvalue weighted by Crippen LogP contribution is -2.37. The molecule has 0 unspecified atom stereocenters. The van der Waals surface area contributed by atoms with Crippen LogP contribution in [0.5, 0.6) is 0 Å². The van der Waals surface area contributed by atoms with Crippen LogP contribution in [0.1, 0.15) is 19.9 Å². The zero-order chi connectivity index (χ0) is 15.5. The van der Waals surface area contributed by atoms with Crippen molar-refractivity contribution in [3.05, 3.63) is 12.4 Å². The molecule has 0 aliphatic carbocycles. The van der Waals surface area contributed by atoms with Crippen molar-refractivity contribution in [2.24, 2.45) is 0 Å². The SMILES string of the molecule is CCN(CC)CCS(=O)(=O)N1C[C@@H](O)[C@H](n2ccnn2)C1. The Bertz CT molecular complexity index is 529. The summed E-state index contributed by atoms with van der Waals surface area (Å²) in [7, 11) is -3.36. The van der Waals surface area contributed by atoms with Gasteiger partial charge in [-0.25, -0.2) is 13.1 Å². The Morgan fingerprint density at radius 1 is 1.33 bits per heavy atom. The highest BCUT2D eigenvalue weighted by atomic mass is 32.2. The van der Waals surface area contributed by atoms with Crippen molar-refractivity contribution < 1.29 is 13.5 Å². The third-order valence-electron chi connectivity index (χ3n) is 3.96. The molecule has 1 aliphatic rings. The Morgan fingerprint density at radius 2 is 2.05 bits per heavy atom. The lowest BCUT2D eigenvalue weighted by atomic mass is 10.2. The van der Waals surface area contributed by atoms with Gasteiger partial charge in [0.2, 0.25) is 10.0 Å². The van der Waals surface area contributed by atoms with Gasteiger partial charge >= 0.3 is 0 Å². The number of β-amino-alcohol motifs (C(OH)–C–C–N with tert-alkyl or cyclic N) is 1. The van der Waals surface area contributed by atoms with E-state index >= 15 is 0 Å². The zero-order valence-corrected chi connectivity index (χ0v) is 13.3. The second kappa shape index (κ2) is 6.82. The van der Waals surface area contributed by atoms with E-state index in [0.717, 1.165) is 13.1 Å². The lowest BCUT2D eigenvalue weighted by Gasteiger charge is -2.21. The minimum atomic E-state index is -3.36. The van der Waals surface area contributed by atoms with Gasteiger partial charge in [-0.3, -0.25) is 0 Å². The van der Waals surface area contributed by atoms with Gasteiger partial charge in [-0.15, -0.1) is 5.10 Å². The largest absolute Gasteiger partial charge is 0.389 e. The smallest absolute Gasteiger partial charge is 0.215 e. The summed E-state index contributed by atoms with van der Waals surface area (Å²) >= 11 is 0. The van der Waals surface area contributed by atoms with Gasteiger partial charge in [0, 0.05) is 25.8 Å². The highest BCUT2D eigenvalue weighted by molar-refractivity contribution is 7.89. The molecule has 0 amide bonds. The third-order valence-corrected chi connectivity index (χ3v) is 5.74. The van der Waals surface area contributed by atoms with Gasteiger partial charge in [0.25, 0.3) is 0 Å². The number of aliphatic hydroxyl groups is 1. The Kier molecular flexibility index (Phi) is 5.31. The molecule has 0 saturated carbocycles. The van der Waals surface area contributed by atoms with Crippen LogP contribution in [0, 0.1) is 0 Å². The highest BCUT2D eigenvalue weighted by Crippen LogP contribution is 2.23. The molecule has 1 N–H and O–H groups in total. The molecule has 0 radical (unpaired) electrons. The highest BCUT2D eigenvalue weighted by Gasteiger charge is 2.39. The Hall–Kier alpha value is -1.03. The Balaban J connectivity index is 1.98. The van der Waals surface area contributed by atoms with Crippen LogP contribution in [-0.4, -0.2) is 82.3 Å². The molecule has 1 aliphatic heterocycles. The van der Waals surface area contributed by atoms with E-state index in [1.165, 1.54) is 15.2 Å². The van der Waals surface area contributed by atoms with Crippen LogP contribution in [0.2, 0.25) is 0 Å². The fourth-order valence-corrected chi connectivity index (χ4v) is 4.04. The number of hydrogen-bond acceptors (Lipinski definition) is 6. The summed E-state index contributed by atoms with van der Waals surface area (Å²) in [5.41, 5.74) is 0. The van der Waals surface area contributed by atoms with Crippen LogP contribution in [0.4, 0.5) is 0 Å². The summed E-state index contributed by atoms with van der Waals surface area (Å²) in [5, 5.41) is 17.6. The van der Waals surface area contributed by atoms with Crippen molar-refractivity contribution in [1.82, 2.24) is 24.2 Å². The molecule has 2 rings (SSSR count). The maximum atomic E-state index is 12.4. The van der Waals surface area contributed by atoms with Crippen molar-refractivity contribution in [1.29, 1.82) is 0 Å². The van der Waals surface area contributed by atoms with E-state index in [1.807, 2.05) is 13.8 Å². The molecule has 120 valence electrons. The third kappa shape index (κ3) is 3.79. The summed E-state index contributed by atoms with van der Waals surface area (Å²) in [6.45, 7) is 6.55. The van der Waals surface area contributed by atoms with Crippen molar-refractivity contribution in [2.75, 3.05) is 38.5 Å². The average Bonchev–Trinajstić information content (AvgIpc) is 3.08. The molecule has 0 aromatic carbocycles. The van der Waals surface area contributed by atoms with E-state index in [9.17, 15) is 13.5 Å². The summed E-state index contributed by atoms with van der Waals surface area (Å²) in [6, 6.07) is -0.365. The molecule has 0 spiro atoms. The molecule has 21 heavy (non-hydrogen) atoms. The minimum Gasteiger partial charge on any atom is -0.389 e. The van der Waals surface area contributed by atoms with E-state index in [0.29, 0.717) is 6.54 Å². The molecule has 0 bridgehead atoms. The first-order chi connectivity index (χ1) is 9.97. The van der Waals surface area contributed by atoms with Gasteiger partial charge in [0.15, 0.2) is 0 Å². The molecule has 1 aromatic heterocycles. The van der Waals surface area contributed by atoms with Gasteiger partial charge in [-0.2, -0.15) is 4.31 Å². The number of nitrogens with zero attached hydrogens (tertiary/aromatic N) is 5. The molecule has 1 aromatic rings. The van der Waals surface area contributed by atoms with Crippen LogP contribution in [-0.2, 0) is 10.0 Å². The monoisotopic (exact) mass is 317 g/mol. The standard InChI is InChI=1S/C12H23N5O3S/c1-3-15(4-2)7-8-21(19,20)16-9-11(12(18)10-16)17-6-5-13-14-17/h5-6,11-12,18H,3-4,7-10H2,1-2H3/t11-,12-/m1/s1. The number of hydrogen-bond donors (Lipinski definition) is 1. The second-order valence-corrected chi connectivity index (χ2v) is 7.27. The van der Waals surface area contributed by atoms with Crippen molar-refractivity contribution in [3.8, 4) is 0 Å². The van der Waals surface area contributed by atoms with Crippen LogP contribution in [0.25, 0.3) is 0 Å². The van der Waals surface area contributed by atoms with Crippen molar-refractivity contribution in [3.63, 3.8) is 0 Å². The fourth-order valence-electron chi connectivity index (χ4n) is 2.53. The topological polar surface area (TPSA) is 91.6 Å². The molecule has 8 nitrogen and oxygen atoms in total. The first-order valence-corrected chi connectivity index (χ1v) is 8.83.